The van der Waals surface area contributed by atoms with Crippen molar-refractivity contribution in [3.8, 4) is 0 Å². The van der Waals surface area contributed by atoms with Crippen LogP contribution in [0.25, 0.3) is 0 Å². The third-order valence-corrected chi connectivity index (χ3v) is 7.42. The summed E-state index contributed by atoms with van der Waals surface area (Å²) in [6, 6.07) is 7.25. The summed E-state index contributed by atoms with van der Waals surface area (Å²) in [6.45, 7) is 8.44. The zero-order chi connectivity index (χ0) is 16.4. The van der Waals surface area contributed by atoms with Gasteiger partial charge in [0, 0.05) is 33.0 Å². The second kappa shape index (κ2) is 11.4. The molecular weight excluding hydrogens is 522 g/mol. The predicted molar refractivity (Wildman–Crippen MR) is 110 cm³/mol. The van der Waals surface area contributed by atoms with Crippen LogP contribution in [0.1, 0.15) is 45.6 Å². The zero-order valence-electron chi connectivity index (χ0n) is 13.7. The fourth-order valence-corrected chi connectivity index (χ4v) is 6.98. The molecule has 6 heteroatoms. The standard InChI is InChI=1S/C16H26I2O3Si/c1-4-9-19-22(20-10-5-2,21-11-6-3)13-14-7-8-15(17)12-16(14)18/h7-8,12H,4-6,9-11,13H2,1-3H3. The van der Waals surface area contributed by atoms with E-state index in [0.29, 0.717) is 19.8 Å². The topological polar surface area (TPSA) is 27.7 Å². The van der Waals surface area contributed by atoms with Crippen LogP contribution in [0.3, 0.4) is 0 Å². The summed E-state index contributed by atoms with van der Waals surface area (Å²) >= 11 is 4.73. The number of rotatable bonds is 11. The molecule has 0 saturated carbocycles. The van der Waals surface area contributed by atoms with Crippen LogP contribution < -0.4 is 0 Å². The molecule has 22 heavy (non-hydrogen) atoms. The average molecular weight is 548 g/mol. The van der Waals surface area contributed by atoms with Gasteiger partial charge >= 0.3 is 8.80 Å². The lowest BCUT2D eigenvalue weighted by molar-refractivity contribution is 0.0583. The van der Waals surface area contributed by atoms with Crippen molar-refractivity contribution in [2.75, 3.05) is 19.8 Å². The average Bonchev–Trinajstić information content (AvgIpc) is 2.51. The molecule has 0 aromatic heterocycles. The van der Waals surface area contributed by atoms with Crippen LogP contribution in [0.15, 0.2) is 18.2 Å². The Morgan fingerprint density at radius 3 is 1.77 bits per heavy atom. The molecule has 3 nitrogen and oxygen atoms in total. The molecule has 0 unspecified atom stereocenters. The van der Waals surface area contributed by atoms with Crippen LogP contribution >= 0.6 is 45.2 Å². The van der Waals surface area contributed by atoms with Crippen molar-refractivity contribution in [1.29, 1.82) is 0 Å². The van der Waals surface area contributed by atoms with Gasteiger partial charge in [0.1, 0.15) is 0 Å². The van der Waals surface area contributed by atoms with Crippen LogP contribution in [0.5, 0.6) is 0 Å². The van der Waals surface area contributed by atoms with Crippen molar-refractivity contribution >= 4 is 54.0 Å². The van der Waals surface area contributed by atoms with Crippen LogP contribution in [-0.4, -0.2) is 28.6 Å². The van der Waals surface area contributed by atoms with Crippen LogP contribution in [-0.2, 0) is 19.3 Å². The molecule has 0 saturated heterocycles. The molecule has 1 aromatic rings. The SMILES string of the molecule is CCCO[Si](Cc1ccc(I)cc1I)(OCCC)OCCC. The second-order valence-corrected chi connectivity index (χ2v) is 10.1. The highest BCUT2D eigenvalue weighted by atomic mass is 127. The van der Waals surface area contributed by atoms with Gasteiger partial charge in [-0.15, -0.1) is 0 Å². The smallest absolute Gasteiger partial charge is 0.373 e. The van der Waals surface area contributed by atoms with Gasteiger partial charge in [0.05, 0.1) is 0 Å². The van der Waals surface area contributed by atoms with Crippen molar-refractivity contribution in [1.82, 2.24) is 0 Å². The van der Waals surface area contributed by atoms with E-state index in [0.717, 1.165) is 25.3 Å². The van der Waals surface area contributed by atoms with Crippen LogP contribution in [0.4, 0.5) is 0 Å². The lowest BCUT2D eigenvalue weighted by Crippen LogP contribution is -2.49. The summed E-state index contributed by atoms with van der Waals surface area (Å²) in [7, 11) is -2.66. The third-order valence-electron chi connectivity index (χ3n) is 3.00. The summed E-state index contributed by atoms with van der Waals surface area (Å²) in [5.41, 5.74) is 1.26. The van der Waals surface area contributed by atoms with Gasteiger partial charge in [-0.05, 0) is 82.1 Å². The maximum Gasteiger partial charge on any atom is 0.505 e. The maximum absolute atomic E-state index is 6.16. The maximum atomic E-state index is 6.16. The van der Waals surface area contributed by atoms with E-state index in [-0.39, 0.29) is 0 Å². The minimum atomic E-state index is -2.66. The van der Waals surface area contributed by atoms with Gasteiger partial charge in [0.15, 0.2) is 0 Å². The lowest BCUT2D eigenvalue weighted by atomic mass is 10.2. The van der Waals surface area contributed by atoms with E-state index in [2.05, 4.69) is 84.2 Å². The highest BCUT2D eigenvalue weighted by Crippen LogP contribution is 2.23. The number of benzene rings is 1. The molecule has 126 valence electrons. The van der Waals surface area contributed by atoms with Crippen molar-refractivity contribution in [3.63, 3.8) is 0 Å². The fourth-order valence-electron chi connectivity index (χ4n) is 1.95. The van der Waals surface area contributed by atoms with Gasteiger partial charge in [-0.2, -0.15) is 0 Å². The molecule has 1 rings (SSSR count). The number of hydrogen-bond acceptors (Lipinski definition) is 3. The van der Waals surface area contributed by atoms with Crippen molar-refractivity contribution in [3.05, 3.63) is 30.9 Å². The Hall–Kier alpha value is 0.777. The lowest BCUT2D eigenvalue weighted by Gasteiger charge is -2.30. The van der Waals surface area contributed by atoms with E-state index < -0.39 is 8.80 Å². The number of halogens is 2. The predicted octanol–water partition coefficient (Wildman–Crippen LogP) is 5.20. The van der Waals surface area contributed by atoms with Gasteiger partial charge < -0.3 is 13.3 Å². The summed E-state index contributed by atoms with van der Waals surface area (Å²) in [5, 5.41) is 0. The minimum Gasteiger partial charge on any atom is -0.373 e. The molecular formula is C16H26I2O3Si. The Kier molecular flexibility index (Phi) is 10.7. The van der Waals surface area contributed by atoms with E-state index in [1.54, 1.807) is 0 Å². The first kappa shape index (κ1) is 20.8. The summed E-state index contributed by atoms with van der Waals surface area (Å²) in [5.74, 6) is 0. The van der Waals surface area contributed by atoms with Gasteiger partial charge in [0.25, 0.3) is 0 Å². The normalized spacial score (nSPS) is 11.9. The Bertz CT molecular complexity index is 422. The van der Waals surface area contributed by atoms with E-state index in [1.165, 1.54) is 12.7 Å². The molecule has 0 atom stereocenters. The second-order valence-electron chi connectivity index (χ2n) is 5.14. The third kappa shape index (κ3) is 7.12. The number of hydrogen-bond donors (Lipinski definition) is 0. The summed E-state index contributed by atoms with van der Waals surface area (Å²) < 4.78 is 21.0. The molecule has 0 aliphatic heterocycles. The Morgan fingerprint density at radius 1 is 0.864 bits per heavy atom. The zero-order valence-corrected chi connectivity index (χ0v) is 19.0. The van der Waals surface area contributed by atoms with Crippen LogP contribution in [0, 0.1) is 7.14 Å². The molecule has 0 bridgehead atoms. The fraction of sp³-hybridized carbons (Fsp3) is 0.625. The largest absolute Gasteiger partial charge is 0.505 e. The van der Waals surface area contributed by atoms with Gasteiger partial charge in [-0.1, -0.05) is 26.8 Å². The van der Waals surface area contributed by atoms with Crippen molar-refractivity contribution in [2.24, 2.45) is 0 Å². The van der Waals surface area contributed by atoms with E-state index in [1.807, 2.05) is 0 Å². The molecule has 0 radical (unpaired) electrons. The Balaban J connectivity index is 2.97. The van der Waals surface area contributed by atoms with E-state index >= 15 is 0 Å². The highest BCUT2D eigenvalue weighted by Gasteiger charge is 2.41. The van der Waals surface area contributed by atoms with E-state index in [4.69, 9.17) is 13.3 Å². The minimum absolute atomic E-state index is 0.695. The Labute approximate surface area is 163 Å². The van der Waals surface area contributed by atoms with Crippen LogP contribution in [0.2, 0.25) is 0 Å². The monoisotopic (exact) mass is 548 g/mol. The van der Waals surface area contributed by atoms with Gasteiger partial charge in [-0.3, -0.25) is 0 Å². The van der Waals surface area contributed by atoms with E-state index in [9.17, 15) is 0 Å². The molecule has 0 fully saturated rings. The molecule has 1 aromatic carbocycles. The molecule has 0 spiro atoms. The molecule has 0 aliphatic rings. The first-order valence-corrected chi connectivity index (χ1v) is 12.0. The highest BCUT2D eigenvalue weighted by molar-refractivity contribution is 14.1. The molecule has 0 N–H and O–H groups in total. The van der Waals surface area contributed by atoms with Gasteiger partial charge in [0.2, 0.25) is 0 Å². The van der Waals surface area contributed by atoms with Gasteiger partial charge in [-0.25, -0.2) is 0 Å². The summed E-state index contributed by atoms with van der Waals surface area (Å²) in [4.78, 5) is 0. The first-order chi connectivity index (χ1) is 10.6. The molecule has 0 heterocycles. The Morgan fingerprint density at radius 2 is 1.36 bits per heavy atom. The molecule has 0 aliphatic carbocycles. The molecule has 0 amide bonds. The quantitative estimate of drug-likeness (QED) is 0.282. The van der Waals surface area contributed by atoms with Crippen molar-refractivity contribution in [2.45, 2.75) is 46.1 Å². The van der Waals surface area contributed by atoms with Crippen molar-refractivity contribution < 1.29 is 13.3 Å². The first-order valence-electron chi connectivity index (χ1n) is 7.92. The summed E-state index contributed by atoms with van der Waals surface area (Å²) in [6.07, 6.45) is 2.93.